The smallest absolute Gasteiger partial charge is 0.249 e. The van der Waals surface area contributed by atoms with Crippen LogP contribution < -0.4 is 15.4 Å². The summed E-state index contributed by atoms with van der Waals surface area (Å²) in [6, 6.07) is 6.05. The lowest BCUT2D eigenvalue weighted by molar-refractivity contribution is -0.134. The summed E-state index contributed by atoms with van der Waals surface area (Å²) in [6.45, 7) is 0.712. The Morgan fingerprint density at radius 1 is 1.09 bits per heavy atom. The first kappa shape index (κ1) is 24.5. The molecule has 0 radical (unpaired) electrons. The molecule has 2 atom stereocenters. The molecule has 1 aliphatic heterocycles. The highest BCUT2D eigenvalue weighted by atomic mass is 32.2. The highest BCUT2D eigenvalue weighted by molar-refractivity contribution is 7.91. The minimum absolute atomic E-state index is 0.0606. The molecule has 1 aliphatic carbocycles. The molecule has 2 fully saturated rings. The average Bonchev–Trinajstić information content (AvgIpc) is 3.33. The molecule has 1 aromatic carbocycles. The van der Waals surface area contributed by atoms with E-state index in [1.54, 1.807) is 19.2 Å². The SMILES string of the molecule is COc1ccc(CNC(=O)C(CS(=O)(=O)CC2CCCCC2)NC(=O)C2CCCO2)cc1. The van der Waals surface area contributed by atoms with Crippen LogP contribution >= 0.6 is 0 Å². The van der Waals surface area contributed by atoms with Gasteiger partial charge >= 0.3 is 0 Å². The van der Waals surface area contributed by atoms with E-state index in [-0.39, 0.29) is 18.2 Å². The zero-order chi connectivity index (χ0) is 23.0. The molecular weight excluding hydrogens is 432 g/mol. The number of hydrogen-bond donors (Lipinski definition) is 2. The van der Waals surface area contributed by atoms with Gasteiger partial charge in [0.15, 0.2) is 9.84 Å². The van der Waals surface area contributed by atoms with Gasteiger partial charge in [-0.05, 0) is 49.3 Å². The maximum absolute atomic E-state index is 12.9. The molecule has 1 aromatic rings. The van der Waals surface area contributed by atoms with E-state index in [0.717, 1.165) is 44.1 Å². The van der Waals surface area contributed by atoms with Gasteiger partial charge in [-0.1, -0.05) is 31.4 Å². The minimum atomic E-state index is -3.52. The number of hydrogen-bond acceptors (Lipinski definition) is 6. The fourth-order valence-electron chi connectivity index (χ4n) is 4.32. The van der Waals surface area contributed by atoms with E-state index in [1.807, 2.05) is 12.1 Å². The topological polar surface area (TPSA) is 111 Å². The summed E-state index contributed by atoms with van der Waals surface area (Å²) < 4.78 is 36.3. The molecule has 3 rings (SSSR count). The monoisotopic (exact) mass is 466 g/mol. The van der Waals surface area contributed by atoms with E-state index in [2.05, 4.69) is 10.6 Å². The predicted octanol–water partition coefficient (Wildman–Crippen LogP) is 1.97. The molecule has 0 bridgehead atoms. The number of carbonyl (C=O) groups is 2. The quantitative estimate of drug-likeness (QED) is 0.545. The number of rotatable bonds is 10. The van der Waals surface area contributed by atoms with Crippen molar-refractivity contribution in [1.29, 1.82) is 0 Å². The molecule has 1 saturated carbocycles. The molecule has 0 aromatic heterocycles. The van der Waals surface area contributed by atoms with Crippen molar-refractivity contribution in [1.82, 2.24) is 10.6 Å². The van der Waals surface area contributed by atoms with Crippen LogP contribution in [0.4, 0.5) is 0 Å². The van der Waals surface area contributed by atoms with E-state index < -0.39 is 39.6 Å². The first-order chi connectivity index (χ1) is 15.4. The van der Waals surface area contributed by atoms with Gasteiger partial charge in [-0.25, -0.2) is 8.42 Å². The van der Waals surface area contributed by atoms with Crippen molar-refractivity contribution >= 4 is 21.7 Å². The summed E-state index contributed by atoms with van der Waals surface area (Å²) in [5.41, 5.74) is 0.841. The minimum Gasteiger partial charge on any atom is -0.497 e. The largest absolute Gasteiger partial charge is 0.497 e. The highest BCUT2D eigenvalue weighted by Crippen LogP contribution is 2.25. The summed E-state index contributed by atoms with van der Waals surface area (Å²) in [5.74, 6) is -0.456. The summed E-state index contributed by atoms with van der Waals surface area (Å²) >= 11 is 0. The van der Waals surface area contributed by atoms with Crippen LogP contribution in [0, 0.1) is 5.92 Å². The van der Waals surface area contributed by atoms with Crippen molar-refractivity contribution in [3.05, 3.63) is 29.8 Å². The van der Waals surface area contributed by atoms with Crippen LogP contribution in [0.2, 0.25) is 0 Å². The molecule has 1 heterocycles. The number of amides is 2. The molecule has 9 heteroatoms. The maximum Gasteiger partial charge on any atom is 0.249 e. The number of ether oxygens (including phenoxy) is 2. The third kappa shape index (κ3) is 7.48. The Morgan fingerprint density at radius 2 is 1.81 bits per heavy atom. The standard InChI is InChI=1S/C23H34N2O6S/c1-30-19-11-9-17(10-12-19)14-24-22(26)20(25-23(27)21-8-5-13-31-21)16-32(28,29)15-18-6-3-2-4-7-18/h9-12,18,20-21H,2-8,13-16H2,1H3,(H,24,26)(H,25,27). The third-order valence-corrected chi connectivity index (χ3v) is 7.94. The molecule has 2 unspecified atom stereocenters. The molecular formula is C23H34N2O6S. The van der Waals surface area contributed by atoms with Gasteiger partial charge in [-0.2, -0.15) is 0 Å². The van der Waals surface area contributed by atoms with Gasteiger partial charge in [0.25, 0.3) is 0 Å². The summed E-state index contributed by atoms with van der Waals surface area (Å²) in [6.07, 6.45) is 5.74. The Balaban J connectivity index is 1.63. The van der Waals surface area contributed by atoms with E-state index in [9.17, 15) is 18.0 Å². The molecule has 2 N–H and O–H groups in total. The highest BCUT2D eigenvalue weighted by Gasteiger charge is 2.32. The van der Waals surface area contributed by atoms with Gasteiger partial charge < -0.3 is 20.1 Å². The fraction of sp³-hybridized carbons (Fsp3) is 0.652. The maximum atomic E-state index is 12.9. The molecule has 2 aliphatic rings. The van der Waals surface area contributed by atoms with Crippen molar-refractivity contribution in [2.45, 2.75) is 63.6 Å². The molecule has 32 heavy (non-hydrogen) atoms. The van der Waals surface area contributed by atoms with Crippen molar-refractivity contribution < 1.29 is 27.5 Å². The van der Waals surface area contributed by atoms with E-state index >= 15 is 0 Å². The molecule has 1 saturated heterocycles. The Labute approximate surface area is 190 Å². The lowest BCUT2D eigenvalue weighted by atomic mass is 9.91. The van der Waals surface area contributed by atoms with Crippen LogP contribution in [0.25, 0.3) is 0 Å². The number of methoxy groups -OCH3 is 1. The zero-order valence-electron chi connectivity index (χ0n) is 18.7. The van der Waals surface area contributed by atoms with Crippen LogP contribution in [-0.4, -0.2) is 57.6 Å². The van der Waals surface area contributed by atoms with E-state index in [4.69, 9.17) is 9.47 Å². The number of nitrogens with one attached hydrogen (secondary N) is 2. The Hall–Kier alpha value is -2.13. The van der Waals surface area contributed by atoms with Crippen LogP contribution in [0.15, 0.2) is 24.3 Å². The van der Waals surface area contributed by atoms with Crippen molar-refractivity contribution in [2.75, 3.05) is 25.2 Å². The van der Waals surface area contributed by atoms with Crippen LogP contribution in [0.3, 0.4) is 0 Å². The lowest BCUT2D eigenvalue weighted by Gasteiger charge is -2.24. The molecule has 0 spiro atoms. The van der Waals surface area contributed by atoms with Crippen molar-refractivity contribution in [3.8, 4) is 5.75 Å². The lowest BCUT2D eigenvalue weighted by Crippen LogP contribution is -2.53. The third-order valence-electron chi connectivity index (χ3n) is 6.12. The van der Waals surface area contributed by atoms with Crippen LogP contribution in [0.1, 0.15) is 50.5 Å². The van der Waals surface area contributed by atoms with E-state index in [0.29, 0.717) is 18.8 Å². The van der Waals surface area contributed by atoms with Crippen LogP contribution in [0.5, 0.6) is 5.75 Å². The summed E-state index contributed by atoms with van der Waals surface area (Å²) in [7, 11) is -1.94. The predicted molar refractivity (Wildman–Crippen MR) is 121 cm³/mol. The first-order valence-corrected chi connectivity index (χ1v) is 13.2. The first-order valence-electron chi connectivity index (χ1n) is 11.4. The second-order valence-electron chi connectivity index (χ2n) is 8.71. The number of benzene rings is 1. The molecule has 8 nitrogen and oxygen atoms in total. The average molecular weight is 467 g/mol. The fourth-order valence-corrected chi connectivity index (χ4v) is 6.25. The number of sulfone groups is 1. The normalized spacial score (nSPS) is 20.5. The second-order valence-corrected chi connectivity index (χ2v) is 10.9. The van der Waals surface area contributed by atoms with Gasteiger partial charge in [0, 0.05) is 13.2 Å². The molecule has 178 valence electrons. The Bertz CT molecular complexity index is 859. The van der Waals surface area contributed by atoms with Gasteiger partial charge in [-0.3, -0.25) is 9.59 Å². The van der Waals surface area contributed by atoms with E-state index in [1.165, 1.54) is 0 Å². The van der Waals surface area contributed by atoms with Crippen molar-refractivity contribution in [3.63, 3.8) is 0 Å². The Kier molecular flexibility index (Phi) is 8.92. The second kappa shape index (κ2) is 11.7. The summed E-state index contributed by atoms with van der Waals surface area (Å²) in [4.78, 5) is 25.5. The number of carbonyl (C=O) groups excluding carboxylic acids is 2. The van der Waals surface area contributed by atoms with Crippen LogP contribution in [-0.2, 0) is 30.7 Å². The van der Waals surface area contributed by atoms with Crippen molar-refractivity contribution in [2.24, 2.45) is 5.92 Å². The molecule has 2 amide bonds. The van der Waals surface area contributed by atoms with Gasteiger partial charge in [0.05, 0.1) is 18.6 Å². The van der Waals surface area contributed by atoms with Gasteiger partial charge in [-0.15, -0.1) is 0 Å². The Morgan fingerprint density at radius 3 is 2.44 bits per heavy atom. The van der Waals surface area contributed by atoms with Gasteiger partial charge in [0.2, 0.25) is 11.8 Å². The summed E-state index contributed by atoms with van der Waals surface area (Å²) in [5, 5.41) is 5.39. The zero-order valence-corrected chi connectivity index (χ0v) is 19.5. The van der Waals surface area contributed by atoms with Gasteiger partial charge in [0.1, 0.15) is 17.9 Å².